The van der Waals surface area contributed by atoms with Crippen molar-refractivity contribution in [3.63, 3.8) is 0 Å². The van der Waals surface area contributed by atoms with Crippen LogP contribution >= 0.6 is 0 Å². The molecule has 0 amide bonds. The first-order chi connectivity index (χ1) is 13.4. The van der Waals surface area contributed by atoms with Crippen LogP contribution < -0.4 is 0 Å². The minimum Gasteiger partial charge on any atom is -0.296 e. The molecule has 0 aromatic carbocycles. The molecule has 9 unspecified atom stereocenters. The molecule has 1 saturated heterocycles. The van der Waals surface area contributed by atoms with Crippen LogP contribution in [0.2, 0.25) is 0 Å². The summed E-state index contributed by atoms with van der Waals surface area (Å²) in [4.78, 5) is 2.63. The van der Waals surface area contributed by atoms with Gasteiger partial charge in [-0.2, -0.15) is 13.2 Å². The van der Waals surface area contributed by atoms with Crippen molar-refractivity contribution in [2.24, 2.45) is 41.4 Å². The van der Waals surface area contributed by atoms with E-state index in [-0.39, 0.29) is 5.92 Å². The summed E-state index contributed by atoms with van der Waals surface area (Å²) in [6.07, 6.45) is 10.7. The molecule has 1 heterocycles. The van der Waals surface area contributed by atoms with Gasteiger partial charge in [-0.1, -0.05) is 32.6 Å². The van der Waals surface area contributed by atoms with Gasteiger partial charge in [-0.05, 0) is 86.9 Å². The molecule has 4 heteroatoms. The molecule has 159 valence electrons. The molecule has 0 aromatic heterocycles. The molecule has 1 aliphatic heterocycles. The molecule has 5 rings (SSSR count). The second-order valence-corrected chi connectivity index (χ2v) is 10.9. The standard InChI is InChI=1S/C24H37F3N/c1-15-10-11-21-19(12-15)23-18-8-4-2-6-16(18)13-22(23)28(21)14-17-7-3-5-9-20(17)24(25,26)27/h13,15-23H,2-12,14H2,1H3. The van der Waals surface area contributed by atoms with Gasteiger partial charge in [0.15, 0.2) is 0 Å². The Labute approximate surface area is 168 Å². The van der Waals surface area contributed by atoms with Crippen molar-refractivity contribution < 1.29 is 13.2 Å². The van der Waals surface area contributed by atoms with Gasteiger partial charge >= 0.3 is 6.18 Å². The molecule has 0 aromatic rings. The van der Waals surface area contributed by atoms with Crippen molar-refractivity contribution in [2.45, 2.75) is 95.8 Å². The van der Waals surface area contributed by atoms with Crippen LogP contribution in [0.4, 0.5) is 13.2 Å². The van der Waals surface area contributed by atoms with E-state index in [0.29, 0.717) is 25.0 Å². The molecular weight excluding hydrogens is 359 g/mol. The van der Waals surface area contributed by atoms with Gasteiger partial charge in [0, 0.05) is 18.6 Å². The van der Waals surface area contributed by atoms with E-state index in [2.05, 4.69) is 18.2 Å². The van der Waals surface area contributed by atoms with Crippen LogP contribution in [0, 0.1) is 47.8 Å². The van der Waals surface area contributed by atoms with E-state index in [4.69, 9.17) is 0 Å². The minimum absolute atomic E-state index is 0.177. The smallest absolute Gasteiger partial charge is 0.296 e. The molecule has 0 N–H and O–H groups in total. The maximum absolute atomic E-state index is 13.7. The molecule has 1 radical (unpaired) electrons. The average Bonchev–Trinajstić information content (AvgIpc) is 3.17. The van der Waals surface area contributed by atoms with Gasteiger partial charge in [-0.15, -0.1) is 0 Å². The number of rotatable bonds is 2. The summed E-state index contributed by atoms with van der Waals surface area (Å²) in [5, 5.41) is 0. The predicted octanol–water partition coefficient (Wildman–Crippen LogP) is 6.48. The van der Waals surface area contributed by atoms with Gasteiger partial charge in [-0.3, -0.25) is 4.90 Å². The lowest BCUT2D eigenvalue weighted by Crippen LogP contribution is -2.46. The highest BCUT2D eigenvalue weighted by Crippen LogP contribution is 2.59. The average molecular weight is 397 g/mol. The van der Waals surface area contributed by atoms with Crippen LogP contribution in [0.1, 0.15) is 77.6 Å². The van der Waals surface area contributed by atoms with E-state index in [1.807, 2.05) is 0 Å². The molecule has 5 fully saturated rings. The summed E-state index contributed by atoms with van der Waals surface area (Å²) in [5.41, 5.74) is 0. The number of halogens is 3. The highest BCUT2D eigenvalue weighted by molar-refractivity contribution is 5.17. The highest BCUT2D eigenvalue weighted by Gasteiger charge is 2.59. The Hall–Kier alpha value is -0.250. The fourth-order valence-corrected chi connectivity index (χ4v) is 8.28. The SMILES string of the molecule is CC1CCC2C(C1)C1C3CCCCC3[CH]C1N2CC1CCCCC1C(F)(F)F. The minimum atomic E-state index is -4.02. The first-order valence-corrected chi connectivity index (χ1v) is 12.1. The Balaban J connectivity index is 1.40. The number of nitrogens with zero attached hydrogens (tertiary/aromatic N) is 1. The number of likely N-dealkylation sites (tertiary alicyclic amines) is 1. The zero-order valence-electron chi connectivity index (χ0n) is 17.3. The Morgan fingerprint density at radius 2 is 1.64 bits per heavy atom. The quantitative estimate of drug-likeness (QED) is 0.516. The van der Waals surface area contributed by atoms with E-state index >= 15 is 0 Å². The third-order valence-electron chi connectivity index (χ3n) is 9.41. The lowest BCUT2D eigenvalue weighted by Gasteiger charge is -2.42. The highest BCUT2D eigenvalue weighted by atomic mass is 19.4. The van der Waals surface area contributed by atoms with E-state index in [0.717, 1.165) is 48.9 Å². The van der Waals surface area contributed by atoms with Gasteiger partial charge < -0.3 is 0 Å². The summed E-state index contributed by atoms with van der Waals surface area (Å²) in [6.45, 7) is 3.10. The monoisotopic (exact) mass is 396 g/mol. The zero-order chi connectivity index (χ0) is 19.5. The van der Waals surface area contributed by atoms with Crippen LogP contribution in [0.3, 0.4) is 0 Å². The van der Waals surface area contributed by atoms with Gasteiger partial charge in [-0.25, -0.2) is 0 Å². The Bertz CT molecular complexity index is 561. The van der Waals surface area contributed by atoms with Crippen LogP contribution in [0.25, 0.3) is 0 Å². The van der Waals surface area contributed by atoms with Crippen molar-refractivity contribution in [1.29, 1.82) is 0 Å². The molecule has 0 spiro atoms. The maximum Gasteiger partial charge on any atom is 0.392 e. The summed E-state index contributed by atoms with van der Waals surface area (Å²) in [7, 11) is 0. The largest absolute Gasteiger partial charge is 0.392 e. The predicted molar refractivity (Wildman–Crippen MR) is 106 cm³/mol. The number of alkyl halides is 3. The molecule has 0 bridgehead atoms. The third-order valence-corrected chi connectivity index (χ3v) is 9.41. The van der Waals surface area contributed by atoms with Crippen molar-refractivity contribution in [2.75, 3.05) is 6.54 Å². The number of hydrogen-bond acceptors (Lipinski definition) is 1. The van der Waals surface area contributed by atoms with Crippen molar-refractivity contribution in [3.05, 3.63) is 6.42 Å². The van der Waals surface area contributed by atoms with Crippen molar-refractivity contribution >= 4 is 0 Å². The summed E-state index contributed by atoms with van der Waals surface area (Å²) >= 11 is 0. The number of hydrogen-bond donors (Lipinski definition) is 0. The molecule has 4 saturated carbocycles. The van der Waals surface area contributed by atoms with E-state index in [1.165, 1.54) is 44.9 Å². The van der Waals surface area contributed by atoms with Crippen LogP contribution in [0.15, 0.2) is 0 Å². The van der Waals surface area contributed by atoms with Gasteiger partial charge in [0.1, 0.15) is 0 Å². The fourth-order valence-electron chi connectivity index (χ4n) is 8.28. The van der Waals surface area contributed by atoms with E-state index in [1.54, 1.807) is 0 Å². The Morgan fingerprint density at radius 1 is 0.893 bits per heavy atom. The maximum atomic E-state index is 13.7. The van der Waals surface area contributed by atoms with E-state index in [9.17, 15) is 13.2 Å². The number of fused-ring (bicyclic) bond motifs is 5. The van der Waals surface area contributed by atoms with Crippen molar-refractivity contribution in [1.82, 2.24) is 4.90 Å². The molecule has 28 heavy (non-hydrogen) atoms. The summed E-state index contributed by atoms with van der Waals surface area (Å²) in [6, 6.07) is 1.03. The van der Waals surface area contributed by atoms with Crippen LogP contribution in [-0.4, -0.2) is 29.7 Å². The Morgan fingerprint density at radius 3 is 2.46 bits per heavy atom. The summed E-state index contributed by atoms with van der Waals surface area (Å²) < 4.78 is 41.2. The first kappa shape index (κ1) is 19.7. The topological polar surface area (TPSA) is 3.24 Å². The normalized spacial score (nSPS) is 49.5. The van der Waals surface area contributed by atoms with Gasteiger partial charge in [0.2, 0.25) is 0 Å². The second-order valence-electron chi connectivity index (χ2n) is 10.9. The first-order valence-electron chi connectivity index (χ1n) is 12.1. The molecular formula is C24H37F3N. The lowest BCUT2D eigenvalue weighted by molar-refractivity contribution is -0.198. The van der Waals surface area contributed by atoms with Crippen LogP contribution in [0.5, 0.6) is 0 Å². The van der Waals surface area contributed by atoms with Crippen molar-refractivity contribution in [3.8, 4) is 0 Å². The fraction of sp³-hybridized carbons (Fsp3) is 0.958. The Kier molecular flexibility index (Phi) is 5.25. The molecule has 5 aliphatic rings. The molecule has 9 atom stereocenters. The molecule has 1 nitrogen and oxygen atoms in total. The zero-order valence-corrected chi connectivity index (χ0v) is 17.3. The third kappa shape index (κ3) is 3.34. The second kappa shape index (κ2) is 7.46. The van der Waals surface area contributed by atoms with E-state index < -0.39 is 12.1 Å². The van der Waals surface area contributed by atoms with Gasteiger partial charge in [0.25, 0.3) is 0 Å². The lowest BCUT2D eigenvalue weighted by atomic mass is 9.68. The molecule has 4 aliphatic carbocycles. The van der Waals surface area contributed by atoms with Crippen LogP contribution in [-0.2, 0) is 0 Å². The van der Waals surface area contributed by atoms with Gasteiger partial charge in [0.05, 0.1) is 5.92 Å². The summed E-state index contributed by atoms with van der Waals surface area (Å²) in [5.74, 6) is 2.60.